The first-order valence-corrected chi connectivity index (χ1v) is 11.9. The van der Waals surface area contributed by atoms with Crippen molar-refractivity contribution in [3.05, 3.63) is 59.9 Å². The third-order valence-electron chi connectivity index (χ3n) is 6.07. The van der Waals surface area contributed by atoms with Gasteiger partial charge in [-0.15, -0.1) is 0 Å². The zero-order valence-electron chi connectivity index (χ0n) is 20.0. The van der Waals surface area contributed by atoms with E-state index in [9.17, 15) is 9.50 Å². The van der Waals surface area contributed by atoms with Crippen LogP contribution in [0.4, 0.5) is 27.9 Å². The SMILES string of the molecule is CCC(Nc1nc(Nc2ccc(OC)c(F)c2)nc(NC(CO)c2ccccc2)n1)C1CCCN1. The monoisotopic (exact) mass is 481 g/mol. The topological polar surface area (TPSA) is 116 Å². The number of ether oxygens (including phenoxy) is 1. The maximum Gasteiger partial charge on any atom is 0.233 e. The number of aliphatic hydroxyl groups is 1. The molecular weight excluding hydrogens is 449 g/mol. The van der Waals surface area contributed by atoms with Gasteiger partial charge in [-0.1, -0.05) is 37.3 Å². The van der Waals surface area contributed by atoms with E-state index in [1.54, 1.807) is 6.07 Å². The molecule has 2 heterocycles. The van der Waals surface area contributed by atoms with Crippen molar-refractivity contribution >= 4 is 23.5 Å². The minimum Gasteiger partial charge on any atom is -0.494 e. The van der Waals surface area contributed by atoms with E-state index in [1.807, 2.05) is 30.3 Å². The van der Waals surface area contributed by atoms with E-state index in [4.69, 9.17) is 4.74 Å². The first kappa shape index (κ1) is 24.6. The van der Waals surface area contributed by atoms with Crippen molar-refractivity contribution in [3.8, 4) is 5.75 Å². The molecular formula is C25H32FN7O2. The number of hydrogen-bond donors (Lipinski definition) is 5. The smallest absolute Gasteiger partial charge is 0.233 e. The summed E-state index contributed by atoms with van der Waals surface area (Å²) in [6.07, 6.45) is 3.11. The van der Waals surface area contributed by atoms with Gasteiger partial charge in [0.2, 0.25) is 17.8 Å². The average molecular weight is 482 g/mol. The largest absolute Gasteiger partial charge is 0.494 e. The molecule has 3 atom stereocenters. The van der Waals surface area contributed by atoms with Crippen LogP contribution in [0.1, 0.15) is 37.8 Å². The molecule has 1 aliphatic rings. The van der Waals surface area contributed by atoms with Gasteiger partial charge >= 0.3 is 0 Å². The molecule has 0 radical (unpaired) electrons. The number of rotatable bonds is 11. The lowest BCUT2D eigenvalue weighted by atomic mass is 10.0. The van der Waals surface area contributed by atoms with Crippen LogP contribution in [-0.4, -0.2) is 52.4 Å². The highest BCUT2D eigenvalue weighted by atomic mass is 19.1. The number of hydrogen-bond acceptors (Lipinski definition) is 9. The van der Waals surface area contributed by atoms with Crippen LogP contribution >= 0.6 is 0 Å². The maximum absolute atomic E-state index is 14.2. The van der Waals surface area contributed by atoms with Crippen LogP contribution < -0.4 is 26.0 Å². The van der Waals surface area contributed by atoms with Crippen molar-refractivity contribution in [2.75, 3.05) is 36.2 Å². The van der Waals surface area contributed by atoms with E-state index in [2.05, 4.69) is 43.1 Å². The molecule has 1 saturated heterocycles. The summed E-state index contributed by atoms with van der Waals surface area (Å²) in [7, 11) is 1.42. The van der Waals surface area contributed by atoms with Gasteiger partial charge < -0.3 is 31.1 Å². The molecule has 0 amide bonds. The van der Waals surface area contributed by atoms with Gasteiger partial charge in [-0.25, -0.2) is 4.39 Å². The number of aliphatic hydroxyl groups excluding tert-OH is 1. The van der Waals surface area contributed by atoms with Gasteiger partial charge in [-0.05, 0) is 43.5 Å². The Balaban J connectivity index is 1.62. The van der Waals surface area contributed by atoms with Crippen LogP contribution in [0, 0.1) is 5.82 Å². The third-order valence-corrected chi connectivity index (χ3v) is 6.07. The van der Waals surface area contributed by atoms with E-state index in [0.717, 1.165) is 31.4 Å². The Bertz CT molecular complexity index is 1100. The summed E-state index contributed by atoms with van der Waals surface area (Å²) in [6.45, 7) is 2.97. The molecule has 3 unspecified atom stereocenters. The highest BCUT2D eigenvalue weighted by Gasteiger charge is 2.24. The van der Waals surface area contributed by atoms with Gasteiger partial charge in [-0.2, -0.15) is 15.0 Å². The molecule has 2 aromatic carbocycles. The number of benzene rings is 2. The van der Waals surface area contributed by atoms with Crippen molar-refractivity contribution in [3.63, 3.8) is 0 Å². The van der Waals surface area contributed by atoms with Gasteiger partial charge in [0.1, 0.15) is 0 Å². The average Bonchev–Trinajstić information content (AvgIpc) is 3.41. The molecule has 0 bridgehead atoms. The van der Waals surface area contributed by atoms with Crippen LogP contribution in [0.15, 0.2) is 48.5 Å². The standard InChI is InChI=1S/C25H32FN7O2/c1-3-19(20-10-7-13-27-20)29-24-31-23(28-17-11-12-22(35-2)18(26)14-17)32-25(33-24)30-21(15-34)16-8-5-4-6-9-16/h4-6,8-9,11-12,14,19-21,27,34H,3,7,10,13,15H2,1-2H3,(H3,28,29,30,31,32,33). The van der Waals surface area contributed by atoms with Crippen LogP contribution in [0.3, 0.4) is 0 Å². The van der Waals surface area contributed by atoms with Crippen molar-refractivity contribution in [1.29, 1.82) is 0 Å². The Hall–Kier alpha value is -3.50. The number of anilines is 4. The van der Waals surface area contributed by atoms with Crippen LogP contribution in [0.5, 0.6) is 5.75 Å². The third kappa shape index (κ3) is 6.34. The molecule has 0 spiro atoms. The number of aromatic nitrogens is 3. The lowest BCUT2D eigenvalue weighted by Gasteiger charge is -2.24. The minimum atomic E-state index is -0.494. The molecule has 0 saturated carbocycles. The molecule has 1 aromatic heterocycles. The first-order chi connectivity index (χ1) is 17.1. The highest BCUT2D eigenvalue weighted by molar-refractivity contribution is 5.57. The fourth-order valence-corrected chi connectivity index (χ4v) is 4.22. The van der Waals surface area contributed by atoms with Crippen molar-refractivity contribution in [2.45, 2.75) is 44.3 Å². The van der Waals surface area contributed by atoms with E-state index in [1.165, 1.54) is 19.2 Å². The predicted molar refractivity (Wildman–Crippen MR) is 135 cm³/mol. The number of nitrogens with zero attached hydrogens (tertiary/aromatic N) is 3. The summed E-state index contributed by atoms with van der Waals surface area (Å²) >= 11 is 0. The van der Waals surface area contributed by atoms with E-state index in [0.29, 0.717) is 17.7 Å². The number of nitrogens with one attached hydrogen (secondary N) is 4. The Morgan fingerprint density at radius 1 is 1.09 bits per heavy atom. The van der Waals surface area contributed by atoms with Crippen LogP contribution in [0.25, 0.3) is 0 Å². The van der Waals surface area contributed by atoms with Crippen molar-refractivity contribution in [2.24, 2.45) is 0 Å². The molecule has 5 N–H and O–H groups in total. The molecule has 0 aliphatic carbocycles. The van der Waals surface area contributed by atoms with E-state index >= 15 is 0 Å². The summed E-state index contributed by atoms with van der Waals surface area (Å²) in [6, 6.07) is 14.2. The zero-order valence-corrected chi connectivity index (χ0v) is 20.0. The second-order valence-corrected chi connectivity index (χ2v) is 8.43. The maximum atomic E-state index is 14.2. The number of halogens is 1. The summed E-state index contributed by atoms with van der Waals surface area (Å²) < 4.78 is 19.2. The Kier molecular flexibility index (Phi) is 8.27. The number of methoxy groups -OCH3 is 1. The zero-order chi connectivity index (χ0) is 24.6. The van der Waals surface area contributed by atoms with E-state index < -0.39 is 11.9 Å². The highest BCUT2D eigenvalue weighted by Crippen LogP contribution is 2.25. The Labute approximate surface area is 204 Å². The fourth-order valence-electron chi connectivity index (χ4n) is 4.22. The first-order valence-electron chi connectivity index (χ1n) is 11.9. The molecule has 1 aliphatic heterocycles. The van der Waals surface area contributed by atoms with Gasteiger partial charge in [0.05, 0.1) is 19.8 Å². The minimum absolute atomic E-state index is 0.141. The normalized spacial score (nSPS) is 17.0. The molecule has 1 fully saturated rings. The predicted octanol–water partition coefficient (Wildman–Crippen LogP) is 3.85. The second kappa shape index (κ2) is 11.8. The molecule has 10 heteroatoms. The van der Waals surface area contributed by atoms with Crippen molar-refractivity contribution < 1.29 is 14.2 Å². The Morgan fingerprint density at radius 2 is 1.83 bits per heavy atom. The van der Waals surface area contributed by atoms with E-state index in [-0.39, 0.29) is 30.3 Å². The summed E-state index contributed by atoms with van der Waals surface area (Å²) in [5, 5.41) is 23.2. The van der Waals surface area contributed by atoms with Crippen LogP contribution in [0.2, 0.25) is 0 Å². The lowest BCUT2D eigenvalue weighted by molar-refractivity contribution is 0.276. The van der Waals surface area contributed by atoms with Crippen molar-refractivity contribution in [1.82, 2.24) is 20.3 Å². The van der Waals surface area contributed by atoms with Gasteiger partial charge in [0.15, 0.2) is 11.6 Å². The van der Waals surface area contributed by atoms with Gasteiger partial charge in [-0.3, -0.25) is 0 Å². The summed E-state index contributed by atoms with van der Waals surface area (Å²) in [4.78, 5) is 13.6. The Morgan fingerprint density at radius 3 is 2.46 bits per heavy atom. The fraction of sp³-hybridized carbons (Fsp3) is 0.400. The summed E-state index contributed by atoms with van der Waals surface area (Å²) in [5.74, 6) is 0.583. The molecule has 9 nitrogen and oxygen atoms in total. The molecule has 186 valence electrons. The van der Waals surface area contributed by atoms with Crippen LogP contribution in [-0.2, 0) is 0 Å². The second-order valence-electron chi connectivity index (χ2n) is 8.43. The van der Waals surface area contributed by atoms with Gasteiger partial charge in [0.25, 0.3) is 0 Å². The van der Waals surface area contributed by atoms with Gasteiger partial charge in [0, 0.05) is 23.8 Å². The quantitative estimate of drug-likeness (QED) is 0.278. The molecule has 35 heavy (non-hydrogen) atoms. The molecule has 4 rings (SSSR count). The lowest BCUT2D eigenvalue weighted by Crippen LogP contribution is -2.40. The summed E-state index contributed by atoms with van der Waals surface area (Å²) in [5.41, 5.74) is 1.37. The molecule has 3 aromatic rings.